The van der Waals surface area contributed by atoms with E-state index in [1.165, 1.54) is 25.6 Å². The number of benzene rings is 2. The SMILES string of the molecule is COc1cc(C(O)c2cc(-c3ncnc4cc(N5CCOCC5)ccc34)c(F)cc2Cl)nnc1Cl. The number of halogens is 3. The first kappa shape index (κ1) is 23.6. The molecule has 1 atom stereocenters. The van der Waals surface area contributed by atoms with E-state index >= 15 is 4.39 Å². The van der Waals surface area contributed by atoms with E-state index in [-0.39, 0.29) is 32.7 Å². The highest BCUT2D eigenvalue weighted by Crippen LogP contribution is 2.37. The molecular weight excluding hydrogens is 496 g/mol. The summed E-state index contributed by atoms with van der Waals surface area (Å²) in [5.74, 6) is -0.338. The van der Waals surface area contributed by atoms with Crippen LogP contribution in [0.5, 0.6) is 5.75 Å². The maximum absolute atomic E-state index is 15.1. The molecule has 2 aromatic heterocycles. The number of ether oxygens (including phenoxy) is 2. The number of methoxy groups -OCH3 is 1. The zero-order chi connectivity index (χ0) is 24.5. The summed E-state index contributed by atoms with van der Waals surface area (Å²) in [5.41, 5.74) is 2.61. The minimum atomic E-state index is -1.30. The van der Waals surface area contributed by atoms with Crippen molar-refractivity contribution in [2.24, 2.45) is 0 Å². The van der Waals surface area contributed by atoms with E-state index in [1.54, 1.807) is 0 Å². The van der Waals surface area contributed by atoms with Gasteiger partial charge in [-0.3, -0.25) is 0 Å². The molecule has 4 aromatic rings. The molecular formula is C24H20Cl2FN5O3. The Bertz CT molecular complexity index is 1400. The van der Waals surface area contributed by atoms with Crippen molar-refractivity contribution in [3.63, 3.8) is 0 Å². The van der Waals surface area contributed by atoms with E-state index in [0.29, 0.717) is 29.8 Å². The van der Waals surface area contributed by atoms with E-state index in [4.69, 9.17) is 32.7 Å². The van der Waals surface area contributed by atoms with Crippen LogP contribution >= 0.6 is 23.2 Å². The molecule has 180 valence electrons. The zero-order valence-corrected chi connectivity index (χ0v) is 20.1. The third-order valence-corrected chi connectivity index (χ3v) is 6.46. The van der Waals surface area contributed by atoms with Crippen LogP contribution in [0.25, 0.3) is 22.2 Å². The fourth-order valence-corrected chi connectivity index (χ4v) is 4.47. The molecule has 1 N–H and O–H groups in total. The maximum Gasteiger partial charge on any atom is 0.193 e. The third kappa shape index (κ3) is 4.60. The number of morpholine rings is 1. The average molecular weight is 516 g/mol. The van der Waals surface area contributed by atoms with E-state index < -0.39 is 11.9 Å². The number of nitrogens with zero attached hydrogens (tertiary/aromatic N) is 5. The zero-order valence-electron chi connectivity index (χ0n) is 18.6. The van der Waals surface area contributed by atoms with Crippen LogP contribution in [0, 0.1) is 5.82 Å². The number of aromatic nitrogens is 4. The van der Waals surface area contributed by atoms with Gasteiger partial charge >= 0.3 is 0 Å². The Morgan fingerprint density at radius 3 is 2.66 bits per heavy atom. The Kier molecular flexibility index (Phi) is 6.66. The van der Waals surface area contributed by atoms with Crippen LogP contribution in [-0.2, 0) is 4.74 Å². The second-order valence-electron chi connectivity index (χ2n) is 7.91. The van der Waals surface area contributed by atoms with E-state index in [2.05, 4.69) is 25.1 Å². The number of aliphatic hydroxyl groups is 1. The molecule has 8 nitrogen and oxygen atoms in total. The molecule has 1 aliphatic heterocycles. The van der Waals surface area contributed by atoms with Gasteiger partial charge in [0.05, 0.1) is 37.2 Å². The van der Waals surface area contributed by atoms with Crippen molar-refractivity contribution in [3.05, 3.63) is 70.0 Å². The van der Waals surface area contributed by atoms with Crippen LogP contribution in [0.3, 0.4) is 0 Å². The Hall–Kier alpha value is -3.11. The van der Waals surface area contributed by atoms with Gasteiger partial charge in [0.15, 0.2) is 10.9 Å². The molecule has 1 aliphatic rings. The topological polar surface area (TPSA) is 93.5 Å². The van der Waals surface area contributed by atoms with Gasteiger partial charge < -0.3 is 19.5 Å². The predicted octanol–water partition coefficient (Wildman–Crippen LogP) is 4.46. The molecule has 0 radical (unpaired) electrons. The molecule has 1 saturated heterocycles. The van der Waals surface area contributed by atoms with Crippen molar-refractivity contribution in [2.75, 3.05) is 38.3 Å². The lowest BCUT2D eigenvalue weighted by Gasteiger charge is -2.29. The van der Waals surface area contributed by atoms with Gasteiger partial charge in [0.2, 0.25) is 0 Å². The number of aliphatic hydroxyl groups excluding tert-OH is 1. The molecule has 0 saturated carbocycles. The molecule has 2 aromatic carbocycles. The summed E-state index contributed by atoms with van der Waals surface area (Å²) in [5, 5.41) is 19.5. The van der Waals surface area contributed by atoms with Gasteiger partial charge in [0.25, 0.3) is 0 Å². The number of anilines is 1. The van der Waals surface area contributed by atoms with Crippen LogP contribution in [0.15, 0.2) is 42.7 Å². The molecule has 0 aliphatic carbocycles. The van der Waals surface area contributed by atoms with Gasteiger partial charge in [-0.1, -0.05) is 23.2 Å². The van der Waals surface area contributed by atoms with Crippen LogP contribution in [0.4, 0.5) is 10.1 Å². The van der Waals surface area contributed by atoms with Crippen molar-refractivity contribution in [2.45, 2.75) is 6.10 Å². The first-order valence-corrected chi connectivity index (χ1v) is 11.5. The van der Waals surface area contributed by atoms with Crippen LogP contribution in [-0.4, -0.2) is 58.7 Å². The maximum atomic E-state index is 15.1. The van der Waals surface area contributed by atoms with Crippen LogP contribution < -0.4 is 9.64 Å². The number of hydrogen-bond donors (Lipinski definition) is 1. The Labute approximate surface area is 210 Å². The summed E-state index contributed by atoms with van der Waals surface area (Å²) >= 11 is 12.3. The lowest BCUT2D eigenvalue weighted by Crippen LogP contribution is -2.36. The molecule has 11 heteroatoms. The highest BCUT2D eigenvalue weighted by atomic mass is 35.5. The molecule has 0 amide bonds. The van der Waals surface area contributed by atoms with Crippen LogP contribution in [0.2, 0.25) is 10.2 Å². The van der Waals surface area contributed by atoms with Gasteiger partial charge in [-0.15, -0.1) is 5.10 Å². The van der Waals surface area contributed by atoms with Gasteiger partial charge in [0, 0.05) is 46.4 Å². The summed E-state index contributed by atoms with van der Waals surface area (Å²) in [4.78, 5) is 10.9. The summed E-state index contributed by atoms with van der Waals surface area (Å²) in [6, 6.07) is 9.83. The standard InChI is InChI=1S/C24H20Cl2FN5O3/c1-34-21-11-20(30-31-24(21)26)23(33)15-9-16(18(27)10-17(15)25)22-14-3-2-13(8-19(14)28-12-29-22)32-4-6-35-7-5-32/h2-3,8-12,23,33H,4-7H2,1H3. The molecule has 5 rings (SSSR count). The minimum absolute atomic E-state index is 0.0300. The largest absolute Gasteiger partial charge is 0.493 e. The normalized spacial score (nSPS) is 14.8. The molecule has 0 spiro atoms. The molecule has 1 fully saturated rings. The first-order valence-electron chi connectivity index (χ1n) is 10.8. The highest BCUT2D eigenvalue weighted by molar-refractivity contribution is 6.31. The predicted molar refractivity (Wildman–Crippen MR) is 131 cm³/mol. The Morgan fingerprint density at radius 1 is 1.09 bits per heavy atom. The average Bonchev–Trinajstić information content (AvgIpc) is 2.88. The summed E-state index contributed by atoms with van der Waals surface area (Å²) in [6.45, 7) is 2.90. The summed E-state index contributed by atoms with van der Waals surface area (Å²) in [6.07, 6.45) is 0.0852. The van der Waals surface area contributed by atoms with E-state index in [1.807, 2.05) is 18.2 Å². The first-order chi connectivity index (χ1) is 17.0. The molecule has 1 unspecified atom stereocenters. The van der Waals surface area contributed by atoms with Crippen molar-refractivity contribution in [1.82, 2.24) is 20.2 Å². The van der Waals surface area contributed by atoms with Crippen molar-refractivity contribution in [1.29, 1.82) is 0 Å². The van der Waals surface area contributed by atoms with Crippen molar-refractivity contribution < 1.29 is 19.0 Å². The number of rotatable bonds is 5. The quantitative estimate of drug-likeness (QED) is 0.416. The van der Waals surface area contributed by atoms with Crippen LogP contribution in [0.1, 0.15) is 17.4 Å². The van der Waals surface area contributed by atoms with Crippen molar-refractivity contribution in [3.8, 4) is 17.0 Å². The van der Waals surface area contributed by atoms with Gasteiger partial charge in [-0.25, -0.2) is 14.4 Å². The Morgan fingerprint density at radius 2 is 1.89 bits per heavy atom. The lowest BCUT2D eigenvalue weighted by molar-refractivity contribution is 0.122. The van der Waals surface area contributed by atoms with E-state index in [0.717, 1.165) is 24.8 Å². The summed E-state index contributed by atoms with van der Waals surface area (Å²) in [7, 11) is 1.42. The summed E-state index contributed by atoms with van der Waals surface area (Å²) < 4.78 is 25.7. The molecule has 35 heavy (non-hydrogen) atoms. The van der Waals surface area contributed by atoms with Gasteiger partial charge in [-0.05, 0) is 30.3 Å². The fraction of sp³-hybridized carbons (Fsp3) is 0.250. The Balaban J connectivity index is 1.57. The number of hydrogen-bond acceptors (Lipinski definition) is 8. The second-order valence-corrected chi connectivity index (χ2v) is 8.67. The molecule has 0 bridgehead atoms. The lowest BCUT2D eigenvalue weighted by atomic mass is 9.99. The minimum Gasteiger partial charge on any atom is -0.493 e. The van der Waals surface area contributed by atoms with Gasteiger partial charge in [0.1, 0.15) is 18.2 Å². The highest BCUT2D eigenvalue weighted by Gasteiger charge is 2.22. The smallest absolute Gasteiger partial charge is 0.193 e. The fourth-order valence-electron chi connectivity index (χ4n) is 4.04. The van der Waals surface area contributed by atoms with Crippen molar-refractivity contribution >= 4 is 39.8 Å². The second kappa shape index (κ2) is 9.87. The molecule has 3 heterocycles. The monoisotopic (exact) mass is 515 g/mol. The van der Waals surface area contributed by atoms with Gasteiger partial charge in [-0.2, -0.15) is 5.10 Å². The van der Waals surface area contributed by atoms with E-state index in [9.17, 15) is 5.11 Å². The number of fused-ring (bicyclic) bond motifs is 1. The third-order valence-electron chi connectivity index (χ3n) is 5.87.